The second-order valence-corrected chi connectivity index (χ2v) is 5.18. The zero-order valence-corrected chi connectivity index (χ0v) is 10.3. The molecule has 1 aliphatic carbocycles. The van der Waals surface area contributed by atoms with E-state index in [1.165, 1.54) is 24.8 Å². The van der Waals surface area contributed by atoms with Gasteiger partial charge in [0.1, 0.15) is 0 Å². The second kappa shape index (κ2) is 4.64. The Bertz CT molecular complexity index is 287. The van der Waals surface area contributed by atoms with Crippen molar-refractivity contribution in [2.75, 3.05) is 13.7 Å². The molecule has 0 radical (unpaired) electrons. The van der Waals surface area contributed by atoms with E-state index in [-0.39, 0.29) is 5.60 Å². The molecule has 0 aromatic carbocycles. The standard InChI is InChI=1S/C12H19NOS/c1-10(11-4-7-15-8-11)13-9-12(14-2)5-3-6-12/h4,7-8,10,13H,3,5-6,9H2,1-2H3. The molecular weight excluding hydrogens is 206 g/mol. The van der Waals surface area contributed by atoms with Crippen LogP contribution in [0.2, 0.25) is 0 Å². The number of ether oxygens (including phenoxy) is 1. The molecular formula is C12H19NOS. The highest BCUT2D eigenvalue weighted by Gasteiger charge is 2.36. The zero-order chi connectivity index (χ0) is 10.7. The lowest BCUT2D eigenvalue weighted by Crippen LogP contribution is -2.48. The third-order valence-electron chi connectivity index (χ3n) is 3.47. The van der Waals surface area contributed by atoms with E-state index >= 15 is 0 Å². The van der Waals surface area contributed by atoms with Gasteiger partial charge >= 0.3 is 0 Å². The summed E-state index contributed by atoms with van der Waals surface area (Å²) in [6.07, 6.45) is 3.71. The molecule has 1 saturated carbocycles. The van der Waals surface area contributed by atoms with Crippen LogP contribution in [-0.4, -0.2) is 19.3 Å². The zero-order valence-electron chi connectivity index (χ0n) is 9.45. The van der Waals surface area contributed by atoms with Crippen molar-refractivity contribution in [3.05, 3.63) is 22.4 Å². The number of hydrogen-bond acceptors (Lipinski definition) is 3. The average Bonchev–Trinajstić information content (AvgIpc) is 2.69. The first kappa shape index (κ1) is 11.1. The van der Waals surface area contributed by atoms with Gasteiger partial charge in [-0.05, 0) is 48.6 Å². The molecule has 0 saturated heterocycles. The van der Waals surface area contributed by atoms with Gasteiger partial charge in [-0.2, -0.15) is 11.3 Å². The van der Waals surface area contributed by atoms with E-state index in [2.05, 4.69) is 29.1 Å². The molecule has 1 aromatic rings. The van der Waals surface area contributed by atoms with E-state index in [0.29, 0.717) is 6.04 Å². The first-order valence-corrected chi connectivity index (χ1v) is 6.51. The molecule has 1 N–H and O–H groups in total. The Kier molecular flexibility index (Phi) is 3.44. The van der Waals surface area contributed by atoms with Gasteiger partial charge in [-0.15, -0.1) is 0 Å². The van der Waals surface area contributed by atoms with E-state index in [0.717, 1.165) is 6.54 Å². The maximum absolute atomic E-state index is 5.58. The van der Waals surface area contributed by atoms with Crippen LogP contribution >= 0.6 is 11.3 Å². The lowest BCUT2D eigenvalue weighted by atomic mass is 9.80. The minimum Gasteiger partial charge on any atom is -0.377 e. The average molecular weight is 225 g/mol. The summed E-state index contributed by atoms with van der Waals surface area (Å²) in [5.41, 5.74) is 1.51. The fraction of sp³-hybridized carbons (Fsp3) is 0.667. The van der Waals surface area contributed by atoms with Gasteiger partial charge in [0.2, 0.25) is 0 Å². The molecule has 1 aromatic heterocycles. The van der Waals surface area contributed by atoms with Crippen LogP contribution in [-0.2, 0) is 4.74 Å². The van der Waals surface area contributed by atoms with Crippen LogP contribution in [0.1, 0.15) is 37.8 Å². The summed E-state index contributed by atoms with van der Waals surface area (Å²) in [7, 11) is 1.83. The van der Waals surface area contributed by atoms with Gasteiger partial charge in [-0.1, -0.05) is 0 Å². The molecule has 15 heavy (non-hydrogen) atoms. The summed E-state index contributed by atoms with van der Waals surface area (Å²) in [5.74, 6) is 0. The van der Waals surface area contributed by atoms with Gasteiger partial charge in [0, 0.05) is 19.7 Å². The SMILES string of the molecule is COC1(CNC(C)c2ccsc2)CCC1. The topological polar surface area (TPSA) is 21.3 Å². The summed E-state index contributed by atoms with van der Waals surface area (Å²) in [5, 5.41) is 7.89. The molecule has 0 bridgehead atoms. The Hall–Kier alpha value is -0.380. The number of thiophene rings is 1. The van der Waals surface area contributed by atoms with Crippen LogP contribution in [0.15, 0.2) is 16.8 Å². The van der Waals surface area contributed by atoms with E-state index in [1.54, 1.807) is 11.3 Å². The molecule has 0 aliphatic heterocycles. The molecule has 3 heteroatoms. The highest BCUT2D eigenvalue weighted by Crippen LogP contribution is 2.34. The van der Waals surface area contributed by atoms with Crippen LogP contribution in [0.5, 0.6) is 0 Å². The van der Waals surface area contributed by atoms with Gasteiger partial charge in [0.15, 0.2) is 0 Å². The maximum atomic E-state index is 5.58. The first-order chi connectivity index (χ1) is 7.26. The Morgan fingerprint density at radius 2 is 2.40 bits per heavy atom. The van der Waals surface area contributed by atoms with E-state index in [9.17, 15) is 0 Å². The van der Waals surface area contributed by atoms with Gasteiger partial charge in [0.25, 0.3) is 0 Å². The van der Waals surface area contributed by atoms with Crippen molar-refractivity contribution in [2.24, 2.45) is 0 Å². The maximum Gasteiger partial charge on any atom is 0.0802 e. The van der Waals surface area contributed by atoms with Gasteiger partial charge in [-0.25, -0.2) is 0 Å². The molecule has 1 fully saturated rings. The number of rotatable bonds is 5. The van der Waals surface area contributed by atoms with Crippen molar-refractivity contribution in [1.82, 2.24) is 5.32 Å². The molecule has 0 amide bonds. The molecule has 84 valence electrons. The van der Waals surface area contributed by atoms with E-state index in [1.807, 2.05) is 7.11 Å². The van der Waals surface area contributed by atoms with Crippen molar-refractivity contribution >= 4 is 11.3 Å². The summed E-state index contributed by atoms with van der Waals surface area (Å²) in [6, 6.07) is 2.62. The lowest BCUT2D eigenvalue weighted by Gasteiger charge is -2.41. The fourth-order valence-corrected chi connectivity index (χ4v) is 2.76. The Balaban J connectivity index is 1.82. The highest BCUT2D eigenvalue weighted by molar-refractivity contribution is 7.07. The molecule has 1 unspecified atom stereocenters. The highest BCUT2D eigenvalue weighted by atomic mass is 32.1. The fourth-order valence-electron chi connectivity index (χ4n) is 2.00. The van der Waals surface area contributed by atoms with Gasteiger partial charge in [-0.3, -0.25) is 0 Å². The first-order valence-electron chi connectivity index (χ1n) is 5.56. The summed E-state index contributed by atoms with van der Waals surface area (Å²) < 4.78 is 5.58. The third-order valence-corrected chi connectivity index (χ3v) is 4.17. The van der Waals surface area contributed by atoms with Crippen molar-refractivity contribution in [3.63, 3.8) is 0 Å². The predicted molar refractivity (Wildman–Crippen MR) is 64.3 cm³/mol. The summed E-state index contributed by atoms with van der Waals surface area (Å²) in [6.45, 7) is 3.19. The molecule has 1 heterocycles. The normalized spacial score (nSPS) is 20.9. The quantitative estimate of drug-likeness (QED) is 0.832. The van der Waals surface area contributed by atoms with Crippen LogP contribution in [0.4, 0.5) is 0 Å². The minimum absolute atomic E-state index is 0.129. The van der Waals surface area contributed by atoms with Crippen LogP contribution in [0.25, 0.3) is 0 Å². The molecule has 1 atom stereocenters. The molecule has 1 aliphatic rings. The number of nitrogens with one attached hydrogen (secondary N) is 1. The van der Waals surface area contributed by atoms with Crippen LogP contribution in [0, 0.1) is 0 Å². The minimum atomic E-state index is 0.129. The smallest absolute Gasteiger partial charge is 0.0802 e. The summed E-state index contributed by atoms with van der Waals surface area (Å²) in [4.78, 5) is 0. The Morgan fingerprint density at radius 1 is 1.60 bits per heavy atom. The summed E-state index contributed by atoms with van der Waals surface area (Å²) >= 11 is 1.76. The van der Waals surface area contributed by atoms with Crippen molar-refractivity contribution in [2.45, 2.75) is 37.8 Å². The largest absolute Gasteiger partial charge is 0.377 e. The lowest BCUT2D eigenvalue weighted by molar-refractivity contribution is -0.0706. The molecule has 0 spiro atoms. The predicted octanol–water partition coefficient (Wildman–Crippen LogP) is 2.97. The molecule has 2 rings (SSSR count). The van der Waals surface area contributed by atoms with Gasteiger partial charge in [0.05, 0.1) is 5.60 Å². The van der Waals surface area contributed by atoms with E-state index in [4.69, 9.17) is 4.74 Å². The molecule has 2 nitrogen and oxygen atoms in total. The Morgan fingerprint density at radius 3 is 2.87 bits per heavy atom. The van der Waals surface area contributed by atoms with E-state index < -0.39 is 0 Å². The monoisotopic (exact) mass is 225 g/mol. The second-order valence-electron chi connectivity index (χ2n) is 4.40. The Labute approximate surface area is 95.6 Å². The van der Waals surface area contributed by atoms with Crippen LogP contribution < -0.4 is 5.32 Å². The van der Waals surface area contributed by atoms with Crippen molar-refractivity contribution < 1.29 is 4.74 Å². The van der Waals surface area contributed by atoms with Crippen molar-refractivity contribution in [3.8, 4) is 0 Å². The van der Waals surface area contributed by atoms with Gasteiger partial charge < -0.3 is 10.1 Å². The van der Waals surface area contributed by atoms with Crippen molar-refractivity contribution in [1.29, 1.82) is 0 Å². The number of methoxy groups -OCH3 is 1. The third kappa shape index (κ3) is 2.41. The number of hydrogen-bond donors (Lipinski definition) is 1. The van der Waals surface area contributed by atoms with Crippen LogP contribution in [0.3, 0.4) is 0 Å².